The molecule has 29 heavy (non-hydrogen) atoms. The molecule has 1 atom stereocenters. The van der Waals surface area contributed by atoms with Gasteiger partial charge in [0.05, 0.1) is 26.0 Å². The van der Waals surface area contributed by atoms with E-state index in [1.54, 1.807) is 7.11 Å². The minimum Gasteiger partial charge on any atom is -0.497 e. The SMILES string of the molecule is COc1ccc(CSc2nc(N[C@@H](CO)CC(C)C)cc(NS(C)(=O)=O)n2)cc1. The molecule has 0 bridgehead atoms. The number of methoxy groups -OCH3 is 1. The second kappa shape index (κ2) is 10.7. The Balaban J connectivity index is 2.20. The second-order valence-corrected chi connectivity index (χ2v) is 9.78. The number of sulfonamides is 1. The van der Waals surface area contributed by atoms with Gasteiger partial charge < -0.3 is 15.2 Å². The van der Waals surface area contributed by atoms with Crippen LogP contribution in [0.1, 0.15) is 25.8 Å². The predicted molar refractivity (Wildman–Crippen MR) is 117 cm³/mol. The van der Waals surface area contributed by atoms with Crippen LogP contribution in [0, 0.1) is 5.92 Å². The summed E-state index contributed by atoms with van der Waals surface area (Å²) in [6.07, 6.45) is 1.82. The van der Waals surface area contributed by atoms with Gasteiger partial charge in [-0.15, -0.1) is 0 Å². The molecule has 0 saturated carbocycles. The number of aromatic nitrogens is 2. The van der Waals surface area contributed by atoms with Crippen molar-refractivity contribution in [1.29, 1.82) is 0 Å². The van der Waals surface area contributed by atoms with Crippen LogP contribution in [0.3, 0.4) is 0 Å². The second-order valence-electron chi connectivity index (χ2n) is 7.09. The van der Waals surface area contributed by atoms with Gasteiger partial charge in [0, 0.05) is 11.8 Å². The summed E-state index contributed by atoms with van der Waals surface area (Å²) in [7, 11) is -1.86. The Kier molecular flexibility index (Phi) is 8.54. The third-order valence-corrected chi connectivity index (χ3v) is 5.35. The lowest BCUT2D eigenvalue weighted by Crippen LogP contribution is -2.26. The maximum Gasteiger partial charge on any atom is 0.230 e. The molecule has 1 aromatic carbocycles. The maximum absolute atomic E-state index is 11.6. The summed E-state index contributed by atoms with van der Waals surface area (Å²) in [6, 6.07) is 9.01. The molecule has 0 radical (unpaired) electrons. The monoisotopic (exact) mass is 440 g/mol. The van der Waals surface area contributed by atoms with Crippen molar-refractivity contribution in [1.82, 2.24) is 9.97 Å². The first-order valence-electron chi connectivity index (χ1n) is 9.18. The van der Waals surface area contributed by atoms with Gasteiger partial charge in [0.15, 0.2) is 5.16 Å². The summed E-state index contributed by atoms with van der Waals surface area (Å²) < 4.78 is 30.8. The molecule has 3 N–H and O–H groups in total. The molecular weight excluding hydrogens is 412 g/mol. The van der Waals surface area contributed by atoms with Crippen molar-refractivity contribution in [2.24, 2.45) is 5.92 Å². The quantitative estimate of drug-likeness (QED) is 0.361. The largest absolute Gasteiger partial charge is 0.497 e. The number of nitrogens with one attached hydrogen (secondary N) is 2. The van der Waals surface area contributed by atoms with Gasteiger partial charge in [-0.25, -0.2) is 18.4 Å². The number of rotatable bonds is 11. The van der Waals surface area contributed by atoms with E-state index in [0.717, 1.165) is 24.0 Å². The first kappa shape index (κ1) is 23.2. The van der Waals surface area contributed by atoms with E-state index < -0.39 is 10.0 Å². The first-order valence-corrected chi connectivity index (χ1v) is 12.1. The molecule has 1 aromatic heterocycles. The molecule has 0 aliphatic rings. The Morgan fingerprint density at radius 2 is 1.83 bits per heavy atom. The van der Waals surface area contributed by atoms with E-state index >= 15 is 0 Å². The summed E-state index contributed by atoms with van der Waals surface area (Å²) >= 11 is 1.39. The van der Waals surface area contributed by atoms with E-state index in [-0.39, 0.29) is 18.5 Å². The Morgan fingerprint density at radius 1 is 1.17 bits per heavy atom. The summed E-state index contributed by atoms with van der Waals surface area (Å²) in [5.41, 5.74) is 1.06. The molecule has 0 saturated heterocycles. The van der Waals surface area contributed by atoms with Crippen molar-refractivity contribution < 1.29 is 18.3 Å². The molecule has 0 aliphatic carbocycles. The van der Waals surface area contributed by atoms with Gasteiger partial charge in [-0.1, -0.05) is 37.7 Å². The molecule has 2 rings (SSSR count). The van der Waals surface area contributed by atoms with Crippen LogP contribution < -0.4 is 14.8 Å². The zero-order valence-electron chi connectivity index (χ0n) is 17.0. The van der Waals surface area contributed by atoms with Crippen LogP contribution in [0.4, 0.5) is 11.6 Å². The lowest BCUT2D eigenvalue weighted by atomic mass is 10.0. The van der Waals surface area contributed by atoms with Gasteiger partial charge in [-0.05, 0) is 30.0 Å². The highest BCUT2D eigenvalue weighted by atomic mass is 32.2. The number of thioether (sulfide) groups is 1. The minimum absolute atomic E-state index is 0.0503. The molecular formula is C19H28N4O4S2. The molecule has 2 aromatic rings. The van der Waals surface area contributed by atoms with Crippen molar-refractivity contribution in [2.45, 2.75) is 37.2 Å². The zero-order valence-corrected chi connectivity index (χ0v) is 18.7. The topological polar surface area (TPSA) is 113 Å². The molecule has 8 nitrogen and oxygen atoms in total. The Bertz CT molecular complexity index is 890. The van der Waals surface area contributed by atoms with E-state index in [1.807, 2.05) is 24.3 Å². The van der Waals surface area contributed by atoms with Crippen LogP contribution >= 0.6 is 11.8 Å². The van der Waals surface area contributed by atoms with Crippen LogP contribution in [0.15, 0.2) is 35.5 Å². The highest BCUT2D eigenvalue weighted by Gasteiger charge is 2.14. The van der Waals surface area contributed by atoms with E-state index in [1.165, 1.54) is 17.8 Å². The van der Waals surface area contributed by atoms with Crippen molar-refractivity contribution in [3.8, 4) is 5.75 Å². The van der Waals surface area contributed by atoms with E-state index in [2.05, 4.69) is 33.9 Å². The smallest absolute Gasteiger partial charge is 0.230 e. The minimum atomic E-state index is -3.48. The molecule has 0 amide bonds. The van der Waals surface area contributed by atoms with Crippen LogP contribution in [0.25, 0.3) is 0 Å². The van der Waals surface area contributed by atoms with Crippen molar-refractivity contribution >= 4 is 33.4 Å². The van der Waals surface area contributed by atoms with Gasteiger partial charge in [0.2, 0.25) is 10.0 Å². The normalized spacial score (nSPS) is 12.6. The van der Waals surface area contributed by atoms with E-state index in [9.17, 15) is 13.5 Å². The fourth-order valence-electron chi connectivity index (χ4n) is 2.63. The molecule has 0 fully saturated rings. The lowest BCUT2D eigenvalue weighted by molar-refractivity contribution is 0.259. The van der Waals surface area contributed by atoms with Gasteiger partial charge >= 0.3 is 0 Å². The van der Waals surface area contributed by atoms with Gasteiger partial charge in [-0.3, -0.25) is 4.72 Å². The van der Waals surface area contributed by atoms with Crippen molar-refractivity contribution in [3.05, 3.63) is 35.9 Å². The Hall–Kier alpha value is -2.04. The summed E-state index contributed by atoms with van der Waals surface area (Å²) in [4.78, 5) is 8.77. The van der Waals surface area contributed by atoms with Crippen molar-refractivity contribution in [3.63, 3.8) is 0 Å². The fourth-order valence-corrected chi connectivity index (χ4v) is 3.93. The van der Waals surface area contributed by atoms with E-state index in [4.69, 9.17) is 4.74 Å². The lowest BCUT2D eigenvalue weighted by Gasteiger charge is -2.19. The van der Waals surface area contributed by atoms with Gasteiger partial charge in [-0.2, -0.15) is 0 Å². The molecule has 0 unspecified atom stereocenters. The molecule has 160 valence electrons. The van der Waals surface area contributed by atoms with Gasteiger partial charge in [0.25, 0.3) is 0 Å². The number of benzene rings is 1. The first-order chi connectivity index (χ1) is 13.7. The van der Waals surface area contributed by atoms with Crippen LogP contribution in [-0.4, -0.2) is 49.5 Å². The third-order valence-electron chi connectivity index (χ3n) is 3.85. The molecule has 0 spiro atoms. The Morgan fingerprint density at radius 3 is 2.38 bits per heavy atom. The van der Waals surface area contributed by atoms with Crippen LogP contribution in [0.5, 0.6) is 5.75 Å². The molecule has 1 heterocycles. The highest BCUT2D eigenvalue weighted by Crippen LogP contribution is 2.25. The van der Waals surface area contributed by atoms with Crippen LogP contribution in [-0.2, 0) is 15.8 Å². The Labute approximate surface area is 176 Å². The average molecular weight is 441 g/mol. The fraction of sp³-hybridized carbons (Fsp3) is 0.474. The number of aliphatic hydroxyl groups is 1. The third kappa shape index (κ3) is 8.46. The number of anilines is 2. The number of aliphatic hydroxyl groups excluding tert-OH is 1. The summed E-state index contributed by atoms with van der Waals surface area (Å²) in [5.74, 6) is 2.42. The summed E-state index contributed by atoms with van der Waals surface area (Å²) in [5, 5.41) is 13.2. The van der Waals surface area contributed by atoms with Crippen molar-refractivity contribution in [2.75, 3.05) is 30.0 Å². The number of ether oxygens (including phenoxy) is 1. The highest BCUT2D eigenvalue weighted by molar-refractivity contribution is 7.98. The maximum atomic E-state index is 11.6. The van der Waals surface area contributed by atoms with Gasteiger partial charge in [0.1, 0.15) is 17.4 Å². The molecule has 0 aliphatic heterocycles. The number of hydrogen-bond acceptors (Lipinski definition) is 8. The standard InChI is InChI=1S/C19H28N4O4S2/c1-13(2)9-15(11-24)20-17-10-18(23-29(4,25)26)22-19(21-17)28-12-14-5-7-16(27-3)8-6-14/h5-8,10,13,15,24H,9,11-12H2,1-4H3,(H2,20,21,22,23)/t15-/m1/s1. The zero-order chi connectivity index (χ0) is 21.4. The summed E-state index contributed by atoms with van der Waals surface area (Å²) in [6.45, 7) is 4.08. The average Bonchev–Trinajstić information content (AvgIpc) is 2.64. The predicted octanol–water partition coefficient (Wildman–Crippen LogP) is 2.97. The van der Waals surface area contributed by atoms with Crippen LogP contribution in [0.2, 0.25) is 0 Å². The number of nitrogens with zero attached hydrogens (tertiary/aromatic N) is 2. The number of hydrogen-bond donors (Lipinski definition) is 3. The van der Waals surface area contributed by atoms with E-state index in [0.29, 0.717) is 22.6 Å². The molecule has 10 heteroatoms.